The third-order valence-corrected chi connectivity index (χ3v) is 8.73. The minimum Gasteiger partial charge on any atom is -0.383 e. The molecule has 1 amide bonds. The number of aromatic nitrogens is 2. The molecule has 0 aliphatic carbocycles. The van der Waals surface area contributed by atoms with Crippen LogP contribution in [0.4, 0.5) is 10.1 Å². The van der Waals surface area contributed by atoms with Gasteiger partial charge in [0, 0.05) is 23.8 Å². The van der Waals surface area contributed by atoms with Crippen molar-refractivity contribution in [3.05, 3.63) is 114 Å². The molecule has 0 aliphatic heterocycles. The fourth-order valence-electron chi connectivity index (χ4n) is 5.22. The first-order chi connectivity index (χ1) is 21.4. The number of benzene rings is 3. The molecule has 2 aromatic heterocycles. The molecule has 11 heteroatoms. The van der Waals surface area contributed by atoms with Crippen LogP contribution in [-0.2, 0) is 20.3 Å². The Morgan fingerprint density at radius 2 is 1.73 bits per heavy atom. The highest BCUT2D eigenvalue weighted by atomic mass is 32.2. The van der Waals surface area contributed by atoms with Gasteiger partial charge in [0.1, 0.15) is 11.5 Å². The lowest BCUT2D eigenvalue weighted by molar-refractivity contribution is 0.0911. The Balaban J connectivity index is 1.67. The van der Waals surface area contributed by atoms with Crippen LogP contribution in [0.5, 0.6) is 0 Å². The minimum absolute atomic E-state index is 0.00586. The molecule has 0 atom stereocenters. The molecule has 45 heavy (non-hydrogen) atoms. The molecule has 0 fully saturated rings. The average Bonchev–Trinajstić information content (AvgIpc) is 3.38. The maximum atomic E-state index is 13.7. The number of ether oxygens (including phenoxy) is 1. The molecule has 9 nitrogen and oxygen atoms in total. The first-order valence-corrected chi connectivity index (χ1v) is 16.0. The van der Waals surface area contributed by atoms with Gasteiger partial charge in [0.05, 0.1) is 47.9 Å². The van der Waals surface area contributed by atoms with Crippen molar-refractivity contribution >= 4 is 33.4 Å². The first kappa shape index (κ1) is 31.6. The smallest absolute Gasteiger partial charge is 0.251 e. The topological polar surface area (TPSA) is 110 Å². The van der Waals surface area contributed by atoms with E-state index in [-0.39, 0.29) is 30.3 Å². The number of carbonyl (C=O) groups is 2. The van der Waals surface area contributed by atoms with E-state index in [1.165, 1.54) is 46.4 Å². The van der Waals surface area contributed by atoms with Crippen LogP contribution in [0.25, 0.3) is 27.9 Å². The first-order valence-electron chi connectivity index (χ1n) is 14.2. The standard InChI is InChI=1S/C34H33FN4O5S/c1-34(2,26-11-6-5-7-12-26)36-33(41)25-10-8-9-24(19-25)28-20-30-29(22-40)32(23-13-15-27(35)16-14-23)37-38(30)21-31(28)39(17-18-44-3)45(4,42)43/h5-16,19-22H,17-18H2,1-4H3,(H,36,41). The Morgan fingerprint density at radius 1 is 1.02 bits per heavy atom. The van der Waals surface area contributed by atoms with Gasteiger partial charge in [0.15, 0.2) is 6.29 Å². The molecule has 232 valence electrons. The molecular weight excluding hydrogens is 595 g/mol. The lowest BCUT2D eigenvalue weighted by Gasteiger charge is -2.27. The zero-order valence-electron chi connectivity index (χ0n) is 25.3. The number of methoxy groups -OCH3 is 1. The largest absolute Gasteiger partial charge is 0.383 e. The van der Waals surface area contributed by atoms with Crippen LogP contribution in [0.15, 0.2) is 91.1 Å². The van der Waals surface area contributed by atoms with Gasteiger partial charge in [-0.3, -0.25) is 13.9 Å². The molecule has 3 aromatic carbocycles. The van der Waals surface area contributed by atoms with Crippen molar-refractivity contribution in [2.75, 3.05) is 30.8 Å². The Hall–Kier alpha value is -4.87. The lowest BCUT2D eigenvalue weighted by atomic mass is 9.93. The molecule has 0 unspecified atom stereocenters. The maximum Gasteiger partial charge on any atom is 0.251 e. The molecule has 5 rings (SSSR count). The number of aldehydes is 1. The van der Waals surface area contributed by atoms with Crippen LogP contribution >= 0.6 is 0 Å². The summed E-state index contributed by atoms with van der Waals surface area (Å²) in [6.45, 7) is 3.94. The average molecular weight is 629 g/mol. The molecule has 0 saturated heterocycles. The number of sulfonamides is 1. The Labute approximate surface area is 261 Å². The van der Waals surface area contributed by atoms with Gasteiger partial charge >= 0.3 is 0 Å². The van der Waals surface area contributed by atoms with Gasteiger partial charge in [0.2, 0.25) is 10.0 Å². The van der Waals surface area contributed by atoms with Crippen molar-refractivity contribution < 1.29 is 27.1 Å². The van der Waals surface area contributed by atoms with Crippen molar-refractivity contribution in [3.63, 3.8) is 0 Å². The van der Waals surface area contributed by atoms with Crippen LogP contribution in [0.3, 0.4) is 0 Å². The maximum absolute atomic E-state index is 13.7. The minimum atomic E-state index is -3.81. The number of hydrogen-bond donors (Lipinski definition) is 1. The Kier molecular flexibility index (Phi) is 8.85. The van der Waals surface area contributed by atoms with Gasteiger partial charge in [-0.2, -0.15) is 5.10 Å². The van der Waals surface area contributed by atoms with E-state index in [9.17, 15) is 22.4 Å². The molecule has 5 aromatic rings. The fraction of sp³-hybridized carbons (Fsp3) is 0.206. The number of carbonyl (C=O) groups excluding carboxylic acids is 2. The predicted octanol–water partition coefficient (Wildman–Crippen LogP) is 5.70. The summed E-state index contributed by atoms with van der Waals surface area (Å²) < 4.78 is 47.7. The number of nitrogens with one attached hydrogen (secondary N) is 1. The van der Waals surface area contributed by atoms with E-state index in [1.807, 2.05) is 44.2 Å². The molecular formula is C34H33FN4O5S. The van der Waals surface area contributed by atoms with Crippen LogP contribution in [-0.4, -0.2) is 56.7 Å². The van der Waals surface area contributed by atoms with Gasteiger partial charge in [-0.15, -0.1) is 0 Å². The Morgan fingerprint density at radius 3 is 2.38 bits per heavy atom. The van der Waals surface area contributed by atoms with Crippen LogP contribution < -0.4 is 9.62 Å². The van der Waals surface area contributed by atoms with E-state index in [1.54, 1.807) is 30.3 Å². The summed E-state index contributed by atoms with van der Waals surface area (Å²) in [6.07, 6.45) is 3.29. The van der Waals surface area contributed by atoms with E-state index >= 15 is 0 Å². The highest BCUT2D eigenvalue weighted by Gasteiger charge is 2.26. The normalized spacial score (nSPS) is 11.8. The lowest BCUT2D eigenvalue weighted by Crippen LogP contribution is -2.40. The zero-order chi connectivity index (χ0) is 32.4. The van der Waals surface area contributed by atoms with E-state index < -0.39 is 21.4 Å². The summed E-state index contributed by atoms with van der Waals surface area (Å²) in [4.78, 5) is 25.9. The Bertz CT molecular complexity index is 1970. The quantitative estimate of drug-likeness (QED) is 0.188. The summed E-state index contributed by atoms with van der Waals surface area (Å²) in [6, 6.07) is 23.7. The van der Waals surface area contributed by atoms with Crippen molar-refractivity contribution in [1.82, 2.24) is 14.9 Å². The molecule has 0 aliphatic rings. The third-order valence-electron chi connectivity index (χ3n) is 7.55. The van der Waals surface area contributed by atoms with Crippen molar-refractivity contribution in [3.8, 4) is 22.4 Å². The number of nitrogens with zero attached hydrogens (tertiary/aromatic N) is 3. The molecule has 0 bridgehead atoms. The molecule has 0 spiro atoms. The van der Waals surface area contributed by atoms with Gasteiger partial charge in [-0.1, -0.05) is 42.5 Å². The molecule has 1 N–H and O–H groups in total. The number of hydrogen-bond acceptors (Lipinski definition) is 6. The second-order valence-electron chi connectivity index (χ2n) is 11.1. The monoisotopic (exact) mass is 628 g/mol. The number of fused-ring (bicyclic) bond motifs is 1. The molecule has 0 saturated carbocycles. The van der Waals surface area contributed by atoms with E-state index in [0.29, 0.717) is 39.8 Å². The fourth-order valence-corrected chi connectivity index (χ4v) is 6.12. The summed E-state index contributed by atoms with van der Waals surface area (Å²) >= 11 is 0. The highest BCUT2D eigenvalue weighted by Crippen LogP contribution is 2.36. The van der Waals surface area contributed by atoms with Gasteiger partial charge in [0.25, 0.3) is 5.91 Å². The van der Waals surface area contributed by atoms with Crippen molar-refractivity contribution in [2.24, 2.45) is 0 Å². The van der Waals surface area contributed by atoms with Crippen LogP contribution in [0, 0.1) is 5.82 Å². The van der Waals surface area contributed by atoms with Crippen LogP contribution in [0.1, 0.15) is 40.1 Å². The number of rotatable bonds is 11. The van der Waals surface area contributed by atoms with Crippen molar-refractivity contribution in [2.45, 2.75) is 19.4 Å². The van der Waals surface area contributed by atoms with Gasteiger partial charge in [-0.25, -0.2) is 17.3 Å². The summed E-state index contributed by atoms with van der Waals surface area (Å²) in [5.41, 5.74) is 3.38. The van der Waals surface area contributed by atoms with E-state index in [4.69, 9.17) is 4.74 Å². The number of amides is 1. The predicted molar refractivity (Wildman–Crippen MR) is 172 cm³/mol. The number of halogens is 1. The summed E-state index contributed by atoms with van der Waals surface area (Å²) in [5.74, 6) is -0.748. The summed E-state index contributed by atoms with van der Waals surface area (Å²) in [5, 5.41) is 7.67. The number of anilines is 1. The second-order valence-corrected chi connectivity index (χ2v) is 13.0. The zero-order valence-corrected chi connectivity index (χ0v) is 26.1. The second kappa shape index (κ2) is 12.6. The van der Waals surface area contributed by atoms with Crippen molar-refractivity contribution in [1.29, 1.82) is 0 Å². The van der Waals surface area contributed by atoms with Gasteiger partial charge < -0.3 is 10.1 Å². The third kappa shape index (κ3) is 6.64. The van der Waals surface area contributed by atoms with E-state index in [2.05, 4.69) is 10.4 Å². The van der Waals surface area contributed by atoms with Gasteiger partial charge in [-0.05, 0) is 67.4 Å². The van der Waals surface area contributed by atoms with Crippen LogP contribution in [0.2, 0.25) is 0 Å². The SMILES string of the molecule is COCCN(c1cn2nc(-c3ccc(F)cc3)c(C=O)c2cc1-c1cccc(C(=O)NC(C)(C)c2ccccc2)c1)S(C)(=O)=O. The molecule has 0 radical (unpaired) electrons. The highest BCUT2D eigenvalue weighted by molar-refractivity contribution is 7.92. The molecule has 2 heterocycles. The summed E-state index contributed by atoms with van der Waals surface area (Å²) in [7, 11) is -2.34. The number of pyridine rings is 1. The van der Waals surface area contributed by atoms with E-state index in [0.717, 1.165) is 11.8 Å².